The second-order valence-electron chi connectivity index (χ2n) is 5.90. The fourth-order valence-corrected chi connectivity index (χ4v) is 2.60. The standard InChI is InChI=1S/C16H25NO2/c1-12(2)14-9-13(5-6-15(14)18-4)16(3)10-17-7-8-19-11-16/h5-6,9,12,17H,7-8,10-11H2,1-4H3. The van der Waals surface area contributed by atoms with Crippen molar-refractivity contribution in [3.8, 4) is 5.75 Å². The predicted octanol–water partition coefficient (Wildman–Crippen LogP) is 2.70. The molecule has 3 heteroatoms. The lowest BCUT2D eigenvalue weighted by Crippen LogP contribution is -2.36. The maximum absolute atomic E-state index is 5.73. The molecule has 106 valence electrons. The Labute approximate surface area is 116 Å². The Morgan fingerprint density at radius 1 is 1.37 bits per heavy atom. The quantitative estimate of drug-likeness (QED) is 0.909. The lowest BCUT2D eigenvalue weighted by atomic mass is 9.81. The molecule has 2 rings (SSSR count). The second kappa shape index (κ2) is 5.93. The van der Waals surface area contributed by atoms with Crippen molar-refractivity contribution in [2.45, 2.75) is 32.1 Å². The summed E-state index contributed by atoms with van der Waals surface area (Å²) in [5, 5.41) is 3.46. The topological polar surface area (TPSA) is 30.5 Å². The van der Waals surface area contributed by atoms with Crippen LogP contribution in [0, 0.1) is 0 Å². The predicted molar refractivity (Wildman–Crippen MR) is 78.1 cm³/mol. The first-order valence-electron chi connectivity index (χ1n) is 7.04. The molecule has 0 spiro atoms. The lowest BCUT2D eigenvalue weighted by Gasteiger charge is -2.29. The number of hydrogen-bond donors (Lipinski definition) is 1. The van der Waals surface area contributed by atoms with Gasteiger partial charge in [-0.2, -0.15) is 0 Å². The highest BCUT2D eigenvalue weighted by Crippen LogP contribution is 2.33. The van der Waals surface area contributed by atoms with Gasteiger partial charge in [-0.15, -0.1) is 0 Å². The van der Waals surface area contributed by atoms with Gasteiger partial charge in [-0.3, -0.25) is 0 Å². The molecule has 1 aromatic rings. The molecular formula is C16H25NO2. The summed E-state index contributed by atoms with van der Waals surface area (Å²) in [5.41, 5.74) is 2.63. The zero-order valence-electron chi connectivity index (χ0n) is 12.5. The van der Waals surface area contributed by atoms with Crippen LogP contribution in [0.1, 0.15) is 37.8 Å². The van der Waals surface area contributed by atoms with Gasteiger partial charge < -0.3 is 14.8 Å². The smallest absolute Gasteiger partial charge is 0.122 e. The third kappa shape index (κ3) is 3.10. The molecule has 1 aromatic carbocycles. The fraction of sp³-hybridized carbons (Fsp3) is 0.625. The molecular weight excluding hydrogens is 238 g/mol. The first kappa shape index (κ1) is 14.4. The summed E-state index contributed by atoms with van der Waals surface area (Å²) in [7, 11) is 1.74. The summed E-state index contributed by atoms with van der Waals surface area (Å²) in [4.78, 5) is 0. The van der Waals surface area contributed by atoms with Gasteiger partial charge in [0, 0.05) is 18.5 Å². The van der Waals surface area contributed by atoms with Crippen LogP contribution < -0.4 is 10.1 Å². The van der Waals surface area contributed by atoms with E-state index in [4.69, 9.17) is 9.47 Å². The van der Waals surface area contributed by atoms with E-state index in [2.05, 4.69) is 44.3 Å². The summed E-state index contributed by atoms with van der Waals surface area (Å²) < 4.78 is 11.2. The van der Waals surface area contributed by atoms with Crippen LogP contribution in [0.15, 0.2) is 18.2 Å². The minimum absolute atomic E-state index is 0.0341. The summed E-state index contributed by atoms with van der Waals surface area (Å²) in [6.07, 6.45) is 0. The Kier molecular flexibility index (Phi) is 4.48. The zero-order chi connectivity index (χ0) is 13.9. The van der Waals surface area contributed by atoms with Gasteiger partial charge in [0.15, 0.2) is 0 Å². The first-order valence-corrected chi connectivity index (χ1v) is 7.04. The van der Waals surface area contributed by atoms with E-state index in [1.54, 1.807) is 7.11 Å². The number of benzene rings is 1. The van der Waals surface area contributed by atoms with Crippen molar-refractivity contribution in [3.63, 3.8) is 0 Å². The summed E-state index contributed by atoms with van der Waals surface area (Å²) in [5.74, 6) is 1.43. The van der Waals surface area contributed by atoms with Crippen molar-refractivity contribution in [3.05, 3.63) is 29.3 Å². The van der Waals surface area contributed by atoms with Gasteiger partial charge in [0.2, 0.25) is 0 Å². The fourth-order valence-electron chi connectivity index (χ4n) is 2.60. The van der Waals surface area contributed by atoms with Crippen LogP contribution in [0.25, 0.3) is 0 Å². The molecule has 1 atom stereocenters. The highest BCUT2D eigenvalue weighted by Gasteiger charge is 2.29. The van der Waals surface area contributed by atoms with Gasteiger partial charge in [-0.05, 0) is 23.1 Å². The maximum Gasteiger partial charge on any atom is 0.122 e. The Hall–Kier alpha value is -1.06. The molecule has 1 fully saturated rings. The van der Waals surface area contributed by atoms with Gasteiger partial charge in [0.05, 0.1) is 20.3 Å². The largest absolute Gasteiger partial charge is 0.496 e. The van der Waals surface area contributed by atoms with Crippen molar-refractivity contribution < 1.29 is 9.47 Å². The molecule has 1 N–H and O–H groups in total. The third-order valence-electron chi connectivity index (χ3n) is 3.91. The van der Waals surface area contributed by atoms with E-state index in [1.165, 1.54) is 11.1 Å². The van der Waals surface area contributed by atoms with Crippen molar-refractivity contribution in [2.24, 2.45) is 0 Å². The molecule has 0 aliphatic carbocycles. The summed E-state index contributed by atoms with van der Waals surface area (Å²) >= 11 is 0. The highest BCUT2D eigenvalue weighted by atomic mass is 16.5. The number of ether oxygens (including phenoxy) is 2. The van der Waals surface area contributed by atoms with Crippen LogP contribution >= 0.6 is 0 Å². The normalized spacial score (nSPS) is 24.3. The molecule has 1 aliphatic heterocycles. The Bertz CT molecular complexity index is 421. The van der Waals surface area contributed by atoms with Gasteiger partial charge >= 0.3 is 0 Å². The SMILES string of the molecule is COc1ccc(C2(C)CNCCOC2)cc1C(C)C. The van der Waals surface area contributed by atoms with Gasteiger partial charge in [0.1, 0.15) is 5.75 Å². The van der Waals surface area contributed by atoms with Crippen LogP contribution in [0.4, 0.5) is 0 Å². The average molecular weight is 263 g/mol. The molecule has 1 unspecified atom stereocenters. The lowest BCUT2D eigenvalue weighted by molar-refractivity contribution is 0.113. The first-order chi connectivity index (χ1) is 9.07. The van der Waals surface area contributed by atoms with Crippen LogP contribution in [0.5, 0.6) is 5.75 Å². The van der Waals surface area contributed by atoms with E-state index in [9.17, 15) is 0 Å². The van der Waals surface area contributed by atoms with Crippen molar-refractivity contribution in [2.75, 3.05) is 33.4 Å². The number of hydrogen-bond acceptors (Lipinski definition) is 3. The van der Waals surface area contributed by atoms with Crippen molar-refractivity contribution in [1.82, 2.24) is 5.32 Å². The molecule has 0 amide bonds. The Morgan fingerprint density at radius 3 is 2.84 bits per heavy atom. The molecule has 1 aliphatic rings. The van der Waals surface area contributed by atoms with E-state index in [-0.39, 0.29) is 5.41 Å². The summed E-state index contributed by atoms with van der Waals surface area (Å²) in [6, 6.07) is 6.53. The van der Waals surface area contributed by atoms with Crippen LogP contribution in [0.2, 0.25) is 0 Å². The van der Waals surface area contributed by atoms with E-state index in [1.807, 2.05) is 0 Å². The Balaban J connectivity index is 2.36. The third-order valence-corrected chi connectivity index (χ3v) is 3.91. The van der Waals surface area contributed by atoms with Crippen LogP contribution in [-0.2, 0) is 10.2 Å². The van der Waals surface area contributed by atoms with Gasteiger partial charge in [-0.25, -0.2) is 0 Å². The van der Waals surface area contributed by atoms with E-state index in [0.29, 0.717) is 5.92 Å². The molecule has 1 heterocycles. The number of nitrogens with one attached hydrogen (secondary N) is 1. The van der Waals surface area contributed by atoms with Crippen molar-refractivity contribution >= 4 is 0 Å². The summed E-state index contributed by atoms with van der Waals surface area (Å²) in [6.45, 7) is 10.1. The highest BCUT2D eigenvalue weighted by molar-refractivity contribution is 5.42. The molecule has 0 bridgehead atoms. The van der Waals surface area contributed by atoms with E-state index in [0.717, 1.165) is 32.1 Å². The Morgan fingerprint density at radius 2 is 2.16 bits per heavy atom. The second-order valence-corrected chi connectivity index (χ2v) is 5.90. The minimum Gasteiger partial charge on any atom is -0.496 e. The average Bonchev–Trinajstić information content (AvgIpc) is 2.63. The van der Waals surface area contributed by atoms with E-state index < -0.39 is 0 Å². The monoisotopic (exact) mass is 263 g/mol. The van der Waals surface area contributed by atoms with Crippen LogP contribution in [0.3, 0.4) is 0 Å². The number of rotatable bonds is 3. The van der Waals surface area contributed by atoms with Gasteiger partial charge in [-0.1, -0.05) is 32.9 Å². The van der Waals surface area contributed by atoms with Gasteiger partial charge in [0.25, 0.3) is 0 Å². The van der Waals surface area contributed by atoms with Crippen molar-refractivity contribution in [1.29, 1.82) is 0 Å². The molecule has 1 saturated heterocycles. The molecule has 3 nitrogen and oxygen atoms in total. The molecule has 0 aromatic heterocycles. The van der Waals surface area contributed by atoms with E-state index >= 15 is 0 Å². The molecule has 0 saturated carbocycles. The zero-order valence-corrected chi connectivity index (χ0v) is 12.5. The number of methoxy groups -OCH3 is 1. The molecule has 19 heavy (non-hydrogen) atoms. The van der Waals surface area contributed by atoms with Crippen LogP contribution in [-0.4, -0.2) is 33.4 Å². The maximum atomic E-state index is 5.73. The minimum atomic E-state index is 0.0341. The molecule has 0 radical (unpaired) electrons.